The number of carbonyl (C=O) groups excluding carboxylic acids is 2. The number of para-hydroxylation sites is 2. The van der Waals surface area contributed by atoms with Crippen LogP contribution in [0.1, 0.15) is 15.9 Å². The highest BCUT2D eigenvalue weighted by atomic mass is 16.5. The number of nitrogens with zero attached hydrogens (tertiary/aromatic N) is 1. The van der Waals surface area contributed by atoms with E-state index in [0.29, 0.717) is 51.3 Å². The summed E-state index contributed by atoms with van der Waals surface area (Å²) in [5.41, 5.74) is 9.29. The van der Waals surface area contributed by atoms with Crippen LogP contribution in [-0.4, -0.2) is 40.4 Å². The van der Waals surface area contributed by atoms with Crippen molar-refractivity contribution >= 4 is 34.7 Å². The van der Waals surface area contributed by atoms with Crippen molar-refractivity contribution in [3.63, 3.8) is 0 Å². The van der Waals surface area contributed by atoms with Crippen LogP contribution in [0.3, 0.4) is 0 Å². The van der Waals surface area contributed by atoms with E-state index in [-0.39, 0.29) is 12.5 Å². The van der Waals surface area contributed by atoms with Gasteiger partial charge in [-0.2, -0.15) is 0 Å². The molecule has 0 unspecified atom stereocenters. The Kier molecular flexibility index (Phi) is 9.16. The number of rotatable bonds is 10. The van der Waals surface area contributed by atoms with Crippen LogP contribution in [0, 0.1) is 0 Å². The Hall–Kier alpha value is -5.38. The van der Waals surface area contributed by atoms with Gasteiger partial charge < -0.3 is 35.3 Å². The number of hydrogen-bond acceptors (Lipinski definition) is 7. The number of benzene rings is 4. The lowest BCUT2D eigenvalue weighted by atomic mass is 10.1. The Morgan fingerprint density at radius 3 is 1.95 bits per heavy atom. The van der Waals surface area contributed by atoms with Crippen LogP contribution >= 0.6 is 0 Å². The van der Waals surface area contributed by atoms with Crippen molar-refractivity contribution in [2.45, 2.75) is 6.54 Å². The Labute approximate surface area is 238 Å². The van der Waals surface area contributed by atoms with Gasteiger partial charge in [0.15, 0.2) is 23.0 Å². The molecule has 0 saturated carbocycles. The van der Waals surface area contributed by atoms with Gasteiger partial charge in [0.25, 0.3) is 5.91 Å². The van der Waals surface area contributed by atoms with Crippen LogP contribution in [0.25, 0.3) is 0 Å². The summed E-state index contributed by atoms with van der Waals surface area (Å²) >= 11 is 0. The van der Waals surface area contributed by atoms with Crippen molar-refractivity contribution < 1.29 is 28.5 Å². The van der Waals surface area contributed by atoms with Gasteiger partial charge in [-0.3, -0.25) is 9.69 Å². The first-order valence-corrected chi connectivity index (χ1v) is 12.6. The number of anilines is 4. The summed E-state index contributed by atoms with van der Waals surface area (Å²) in [6, 6.07) is 24.0. The second-order valence-corrected chi connectivity index (χ2v) is 8.86. The van der Waals surface area contributed by atoms with E-state index in [0.717, 1.165) is 5.56 Å². The molecule has 0 bridgehead atoms. The number of nitrogen functional groups attached to an aromatic ring is 1. The van der Waals surface area contributed by atoms with Crippen LogP contribution in [0.2, 0.25) is 0 Å². The van der Waals surface area contributed by atoms with Crippen LogP contribution in [0.5, 0.6) is 23.0 Å². The fourth-order valence-corrected chi connectivity index (χ4v) is 4.13. The first-order chi connectivity index (χ1) is 19.9. The monoisotopic (exact) mass is 556 g/mol. The molecule has 4 aromatic carbocycles. The number of ether oxygens (including phenoxy) is 4. The van der Waals surface area contributed by atoms with E-state index in [4.69, 9.17) is 24.7 Å². The normalized spacial score (nSPS) is 10.3. The predicted molar refractivity (Wildman–Crippen MR) is 160 cm³/mol. The maximum atomic E-state index is 13.6. The number of urea groups is 1. The molecule has 0 saturated heterocycles. The van der Waals surface area contributed by atoms with Gasteiger partial charge in [0.2, 0.25) is 0 Å². The van der Waals surface area contributed by atoms with Crippen LogP contribution in [0.4, 0.5) is 27.5 Å². The zero-order chi connectivity index (χ0) is 29.4. The molecule has 4 rings (SSSR count). The highest BCUT2D eigenvalue weighted by molar-refractivity contribution is 6.06. The lowest BCUT2D eigenvalue weighted by Gasteiger charge is -2.25. The van der Waals surface area contributed by atoms with Gasteiger partial charge >= 0.3 is 6.03 Å². The van der Waals surface area contributed by atoms with E-state index < -0.39 is 6.03 Å². The number of nitrogens with one attached hydrogen (secondary N) is 2. The van der Waals surface area contributed by atoms with Crippen LogP contribution in [-0.2, 0) is 6.54 Å². The molecule has 10 heteroatoms. The average molecular weight is 557 g/mol. The molecule has 0 heterocycles. The van der Waals surface area contributed by atoms with Gasteiger partial charge in [0.05, 0.1) is 46.4 Å². The molecule has 0 spiro atoms. The number of carbonyl (C=O) groups is 2. The van der Waals surface area contributed by atoms with Gasteiger partial charge in [0, 0.05) is 29.1 Å². The molecular weight excluding hydrogens is 524 g/mol. The first kappa shape index (κ1) is 28.6. The molecule has 41 heavy (non-hydrogen) atoms. The molecule has 0 fully saturated rings. The van der Waals surface area contributed by atoms with Gasteiger partial charge in [-0.1, -0.05) is 24.3 Å². The van der Waals surface area contributed by atoms with E-state index in [9.17, 15) is 9.59 Å². The van der Waals surface area contributed by atoms with E-state index in [1.54, 1.807) is 104 Å². The van der Waals surface area contributed by atoms with Crippen LogP contribution < -0.4 is 40.2 Å². The van der Waals surface area contributed by atoms with Crippen molar-refractivity contribution in [2.75, 3.05) is 49.7 Å². The third kappa shape index (κ3) is 6.80. The summed E-state index contributed by atoms with van der Waals surface area (Å²) < 4.78 is 21.5. The quantitative estimate of drug-likeness (QED) is 0.211. The summed E-state index contributed by atoms with van der Waals surface area (Å²) in [7, 11) is 6.14. The zero-order valence-electron chi connectivity index (χ0n) is 23.3. The number of nitrogens with two attached hydrogens (primary N) is 1. The second-order valence-electron chi connectivity index (χ2n) is 8.86. The Morgan fingerprint density at radius 2 is 1.32 bits per heavy atom. The zero-order valence-corrected chi connectivity index (χ0v) is 23.3. The molecular formula is C31H32N4O6. The maximum Gasteiger partial charge on any atom is 0.326 e. The number of methoxy groups -OCH3 is 4. The smallest absolute Gasteiger partial charge is 0.326 e. The minimum absolute atomic E-state index is 0.197. The fourth-order valence-electron chi connectivity index (χ4n) is 4.13. The number of hydrogen-bond donors (Lipinski definition) is 3. The van der Waals surface area contributed by atoms with E-state index >= 15 is 0 Å². The average Bonchev–Trinajstić information content (AvgIpc) is 3.00. The van der Waals surface area contributed by atoms with Gasteiger partial charge in [0.1, 0.15) is 0 Å². The summed E-state index contributed by atoms with van der Waals surface area (Å²) in [5.74, 6) is 1.74. The molecule has 4 N–H and O–H groups in total. The van der Waals surface area contributed by atoms with Crippen LogP contribution in [0.15, 0.2) is 84.9 Å². The highest BCUT2D eigenvalue weighted by Gasteiger charge is 2.20. The number of amides is 3. The van der Waals surface area contributed by atoms with E-state index in [1.807, 2.05) is 0 Å². The van der Waals surface area contributed by atoms with Gasteiger partial charge in [-0.25, -0.2) is 4.79 Å². The lowest BCUT2D eigenvalue weighted by Crippen LogP contribution is -2.34. The van der Waals surface area contributed by atoms with E-state index in [2.05, 4.69) is 10.6 Å². The molecule has 3 amide bonds. The standard InChI is InChI=1S/C31H32N4O6/c1-38-26-15-13-22(17-28(26)40-3)33-31(37)35(23-14-16-27(39-2)29(18-23)41-4)19-20-9-11-21(12-10-20)30(36)34-25-8-6-5-7-24(25)32/h5-18H,19,32H2,1-4H3,(H,33,37)(H,34,36). The summed E-state index contributed by atoms with van der Waals surface area (Å²) in [6.07, 6.45) is 0. The molecule has 4 aromatic rings. The molecule has 212 valence electrons. The minimum atomic E-state index is -0.397. The van der Waals surface area contributed by atoms with Crippen molar-refractivity contribution in [3.05, 3.63) is 96.1 Å². The molecule has 0 aliphatic heterocycles. The molecule has 0 radical (unpaired) electrons. The lowest BCUT2D eigenvalue weighted by molar-refractivity contribution is 0.102. The first-order valence-electron chi connectivity index (χ1n) is 12.6. The van der Waals surface area contributed by atoms with Crippen molar-refractivity contribution in [3.8, 4) is 23.0 Å². The molecule has 10 nitrogen and oxygen atoms in total. The summed E-state index contributed by atoms with van der Waals surface area (Å²) in [5, 5.41) is 5.73. The Morgan fingerprint density at radius 1 is 0.707 bits per heavy atom. The minimum Gasteiger partial charge on any atom is -0.493 e. The van der Waals surface area contributed by atoms with Crippen molar-refractivity contribution in [1.29, 1.82) is 0 Å². The summed E-state index contributed by atoms with van der Waals surface area (Å²) in [6.45, 7) is 0.197. The van der Waals surface area contributed by atoms with Gasteiger partial charge in [-0.05, 0) is 54.1 Å². The predicted octanol–water partition coefficient (Wildman–Crippen LogP) is 5.79. The fraction of sp³-hybridized carbons (Fsp3) is 0.161. The second kappa shape index (κ2) is 13.1. The summed E-state index contributed by atoms with van der Waals surface area (Å²) in [4.78, 5) is 28.0. The maximum absolute atomic E-state index is 13.6. The Bertz CT molecular complexity index is 1520. The van der Waals surface area contributed by atoms with Crippen molar-refractivity contribution in [2.24, 2.45) is 0 Å². The highest BCUT2D eigenvalue weighted by Crippen LogP contribution is 2.33. The third-order valence-electron chi connectivity index (χ3n) is 6.32. The van der Waals surface area contributed by atoms with Gasteiger partial charge in [-0.15, -0.1) is 0 Å². The Balaban J connectivity index is 1.59. The van der Waals surface area contributed by atoms with Crippen molar-refractivity contribution in [1.82, 2.24) is 0 Å². The SMILES string of the molecule is COc1ccc(NC(=O)N(Cc2ccc(C(=O)Nc3ccccc3N)cc2)c2ccc(OC)c(OC)c2)cc1OC. The van der Waals surface area contributed by atoms with E-state index in [1.165, 1.54) is 14.2 Å². The largest absolute Gasteiger partial charge is 0.493 e. The molecule has 0 aliphatic carbocycles. The molecule has 0 aliphatic rings. The molecule has 0 atom stereocenters. The molecule has 0 aromatic heterocycles. The topological polar surface area (TPSA) is 124 Å². The third-order valence-corrected chi connectivity index (χ3v) is 6.32.